The number of fused-ring (bicyclic) bond motifs is 2. The molecule has 47 heavy (non-hydrogen) atoms. The van der Waals surface area contributed by atoms with Crippen molar-refractivity contribution in [2.75, 3.05) is 28.7 Å². The number of phenolic OH excluding ortho intramolecular Hbond substituents is 1. The summed E-state index contributed by atoms with van der Waals surface area (Å²) in [7, 11) is -13.6. The number of nitroso groups, excluding NO2 is 1. The maximum Gasteiger partial charge on any atom is 0.296 e. The van der Waals surface area contributed by atoms with Crippen LogP contribution in [-0.2, 0) is 36.9 Å². The number of rotatable bonds is 5. The molecular formula is C27H28N6O11S3. The molecule has 20 heteroatoms. The molecule has 0 unspecified atom stereocenters. The van der Waals surface area contributed by atoms with Crippen LogP contribution in [0.5, 0.6) is 5.75 Å². The average Bonchev–Trinajstić information content (AvgIpc) is 2.97. The lowest BCUT2D eigenvalue weighted by atomic mass is 10.1. The Balaban J connectivity index is 0.000000204. The van der Waals surface area contributed by atoms with E-state index in [9.17, 15) is 35.3 Å². The number of hydrogen-bond donors (Lipinski definition) is 9. The van der Waals surface area contributed by atoms with E-state index in [1.807, 2.05) is 0 Å². The van der Waals surface area contributed by atoms with Gasteiger partial charge in [-0.05, 0) is 65.5 Å². The van der Waals surface area contributed by atoms with Gasteiger partial charge in [0.05, 0.1) is 16.3 Å². The molecule has 5 aromatic carbocycles. The zero-order valence-electron chi connectivity index (χ0n) is 23.8. The first-order valence-corrected chi connectivity index (χ1v) is 17.0. The van der Waals surface area contributed by atoms with Crippen LogP contribution in [-0.4, -0.2) is 44.0 Å². The molecule has 0 aliphatic heterocycles. The third-order valence-electron chi connectivity index (χ3n) is 6.38. The molecule has 0 amide bonds. The topological polar surface area (TPSA) is 343 Å². The van der Waals surface area contributed by atoms with Crippen molar-refractivity contribution in [3.8, 4) is 5.75 Å². The lowest BCUT2D eigenvalue weighted by molar-refractivity contribution is 0.473. The lowest BCUT2D eigenvalue weighted by Crippen LogP contribution is -2.06. The second kappa shape index (κ2) is 13.6. The molecule has 0 aliphatic carbocycles. The number of nitrogen functional groups attached to an aromatic ring is 5. The van der Waals surface area contributed by atoms with Crippen molar-refractivity contribution in [1.29, 1.82) is 0 Å². The molecule has 0 saturated carbocycles. The first kappa shape index (κ1) is 36.2. The van der Waals surface area contributed by atoms with Crippen molar-refractivity contribution in [2.24, 2.45) is 5.18 Å². The number of benzene rings is 5. The maximum absolute atomic E-state index is 11.2. The Morgan fingerprint density at radius 3 is 1.62 bits per heavy atom. The van der Waals surface area contributed by atoms with Gasteiger partial charge in [0.15, 0.2) is 0 Å². The summed E-state index contributed by atoms with van der Waals surface area (Å²) in [6, 6.07) is 17.1. The van der Waals surface area contributed by atoms with E-state index in [-0.39, 0.29) is 27.9 Å². The smallest absolute Gasteiger partial charge is 0.296 e. The molecular weight excluding hydrogens is 681 g/mol. The van der Waals surface area contributed by atoms with Crippen molar-refractivity contribution < 1.29 is 44.0 Å². The second-order valence-corrected chi connectivity index (χ2v) is 13.9. The predicted molar refractivity (Wildman–Crippen MR) is 177 cm³/mol. The monoisotopic (exact) mass is 708 g/mol. The van der Waals surface area contributed by atoms with Crippen LogP contribution in [0.1, 0.15) is 5.56 Å². The molecule has 250 valence electrons. The zero-order valence-corrected chi connectivity index (χ0v) is 26.3. The Kier molecular flexibility index (Phi) is 10.5. The Hall–Kier alpha value is -5.25. The summed E-state index contributed by atoms with van der Waals surface area (Å²) in [5.74, 6) is -0.686. The molecule has 0 atom stereocenters. The van der Waals surface area contributed by atoms with Gasteiger partial charge in [0.25, 0.3) is 30.4 Å². The van der Waals surface area contributed by atoms with Crippen LogP contribution in [0, 0.1) is 4.91 Å². The minimum absolute atomic E-state index is 0.0372. The van der Waals surface area contributed by atoms with Crippen LogP contribution >= 0.6 is 0 Å². The van der Waals surface area contributed by atoms with E-state index in [0.29, 0.717) is 27.8 Å². The number of nitrogens with zero attached hydrogens (tertiary/aromatic N) is 1. The number of phenols is 1. The summed E-state index contributed by atoms with van der Waals surface area (Å²) in [5.41, 5.74) is 29.2. The highest BCUT2D eigenvalue weighted by molar-refractivity contribution is 7.86. The van der Waals surface area contributed by atoms with Crippen LogP contribution in [0.15, 0.2) is 92.7 Å². The molecule has 0 aromatic heterocycles. The molecule has 0 radical (unpaired) electrons. The summed E-state index contributed by atoms with van der Waals surface area (Å²) in [5, 5.41) is 13.6. The zero-order chi connectivity index (χ0) is 35.5. The number of aromatic hydroxyl groups is 1. The minimum Gasteiger partial charge on any atom is -0.505 e. The largest absolute Gasteiger partial charge is 0.505 e. The lowest BCUT2D eigenvalue weighted by Gasteiger charge is -2.11. The predicted octanol–water partition coefficient (Wildman–Crippen LogP) is 2.99. The molecule has 0 saturated heterocycles. The van der Waals surface area contributed by atoms with Gasteiger partial charge >= 0.3 is 0 Å². The maximum atomic E-state index is 11.2. The van der Waals surface area contributed by atoms with E-state index in [1.165, 1.54) is 18.2 Å². The molecule has 0 bridgehead atoms. The molecule has 0 fully saturated rings. The van der Waals surface area contributed by atoms with E-state index in [2.05, 4.69) is 5.18 Å². The fourth-order valence-corrected chi connectivity index (χ4v) is 5.88. The molecule has 17 nitrogen and oxygen atoms in total. The quantitative estimate of drug-likeness (QED) is 0.0548. The van der Waals surface area contributed by atoms with Gasteiger partial charge in [0.1, 0.15) is 22.1 Å². The minimum atomic E-state index is -4.73. The van der Waals surface area contributed by atoms with Crippen LogP contribution in [0.4, 0.5) is 28.4 Å². The standard InChI is InChI=1S/C10H10N2O7S2.C10H10N2O3S.C7H8N2O/c11-6-3-5-4(1-7(6)20(14,15)16)2-8(21(17,18)19)9(12)10(5)13;11-9-3-4-10(12)8-5-6(16(13,14)15)1-2-7(8)9;8-7-3-1-6(2-4-7)5-9-10/h1-3,13H,11-12H2,(H,14,15,16)(H,17,18,19);1-5H,11-12H2,(H,13,14,15);1-4H,5,8H2. The van der Waals surface area contributed by atoms with Crippen molar-refractivity contribution in [1.82, 2.24) is 0 Å². The van der Waals surface area contributed by atoms with Gasteiger partial charge in [-0.25, -0.2) is 0 Å². The third-order valence-corrected chi connectivity index (χ3v) is 9.03. The van der Waals surface area contributed by atoms with E-state index >= 15 is 0 Å². The highest BCUT2D eigenvalue weighted by Crippen LogP contribution is 2.39. The Labute approximate surface area is 267 Å². The van der Waals surface area contributed by atoms with Gasteiger partial charge in [0, 0.05) is 33.2 Å². The van der Waals surface area contributed by atoms with Crippen LogP contribution in [0.25, 0.3) is 21.5 Å². The normalized spacial score (nSPS) is 11.6. The highest BCUT2D eigenvalue weighted by Gasteiger charge is 2.22. The van der Waals surface area contributed by atoms with E-state index < -0.39 is 51.6 Å². The van der Waals surface area contributed by atoms with E-state index in [0.717, 1.165) is 23.8 Å². The summed E-state index contributed by atoms with van der Waals surface area (Å²) in [6.07, 6.45) is 0. The highest BCUT2D eigenvalue weighted by atomic mass is 32.2. The summed E-state index contributed by atoms with van der Waals surface area (Å²) in [4.78, 5) is 8.12. The molecule has 0 spiro atoms. The van der Waals surface area contributed by atoms with Gasteiger partial charge < -0.3 is 33.8 Å². The number of hydrogen-bond acceptors (Lipinski definition) is 14. The Morgan fingerprint density at radius 1 is 0.574 bits per heavy atom. The van der Waals surface area contributed by atoms with E-state index in [1.54, 1.807) is 36.4 Å². The average molecular weight is 709 g/mol. The van der Waals surface area contributed by atoms with Crippen LogP contribution in [0.3, 0.4) is 0 Å². The second-order valence-electron chi connectivity index (χ2n) is 9.65. The number of anilines is 5. The summed E-state index contributed by atoms with van der Waals surface area (Å²) >= 11 is 0. The van der Waals surface area contributed by atoms with Gasteiger partial charge in [0.2, 0.25) is 0 Å². The fraction of sp³-hybridized carbons (Fsp3) is 0.0370. The van der Waals surface area contributed by atoms with Gasteiger partial charge in [-0.3, -0.25) is 13.7 Å². The SMILES string of the molecule is Nc1cc2c(O)c(N)c(S(=O)(=O)O)cc2cc1S(=O)(=O)O.Nc1ccc(CN=O)cc1.Nc1ccc(N)c2cc(S(=O)(=O)O)ccc12. The molecule has 0 aliphatic rings. The Bertz CT molecular complexity index is 2330. The van der Waals surface area contributed by atoms with Crippen molar-refractivity contribution in [3.05, 3.63) is 83.3 Å². The molecule has 5 rings (SSSR count). The first-order valence-electron chi connectivity index (χ1n) is 12.6. The number of nitrogens with two attached hydrogens (primary N) is 5. The Morgan fingerprint density at radius 2 is 1.11 bits per heavy atom. The molecule has 0 heterocycles. The van der Waals surface area contributed by atoms with E-state index in [4.69, 9.17) is 42.3 Å². The van der Waals surface area contributed by atoms with Crippen molar-refractivity contribution in [2.45, 2.75) is 21.2 Å². The van der Waals surface area contributed by atoms with Gasteiger partial charge in [-0.15, -0.1) is 0 Å². The third kappa shape index (κ3) is 8.72. The summed E-state index contributed by atoms with van der Waals surface area (Å²) in [6.45, 7) is 0.222. The van der Waals surface area contributed by atoms with Crippen molar-refractivity contribution >= 4 is 80.3 Å². The fourth-order valence-electron chi connectivity index (χ4n) is 4.09. The van der Waals surface area contributed by atoms with Crippen LogP contribution in [0.2, 0.25) is 0 Å². The van der Waals surface area contributed by atoms with Gasteiger partial charge in [-0.2, -0.15) is 30.2 Å². The molecule has 5 aromatic rings. The van der Waals surface area contributed by atoms with Crippen LogP contribution < -0.4 is 28.7 Å². The first-order chi connectivity index (χ1) is 21.6. The summed E-state index contributed by atoms with van der Waals surface area (Å²) < 4.78 is 93.5. The molecule has 14 N–H and O–H groups in total. The van der Waals surface area contributed by atoms with Gasteiger partial charge in [-0.1, -0.05) is 23.4 Å². The van der Waals surface area contributed by atoms with Crippen molar-refractivity contribution in [3.63, 3.8) is 0 Å².